The van der Waals surface area contributed by atoms with Crippen LogP contribution in [-0.2, 0) is 35.1 Å². The molecule has 1 aromatic carbocycles. The van der Waals surface area contributed by atoms with E-state index >= 15 is 0 Å². The van der Waals surface area contributed by atoms with Crippen LogP contribution >= 0.6 is 11.3 Å². The predicted octanol–water partition coefficient (Wildman–Crippen LogP) is 5.30. The van der Waals surface area contributed by atoms with Gasteiger partial charge >= 0.3 is 0 Å². The summed E-state index contributed by atoms with van der Waals surface area (Å²) in [6.07, 6.45) is 5.20. The van der Waals surface area contributed by atoms with Crippen LogP contribution in [0.25, 0.3) is 0 Å². The van der Waals surface area contributed by atoms with Crippen LogP contribution in [0.3, 0.4) is 0 Å². The molecule has 9 atom stereocenters. The number of benzene rings is 1. The van der Waals surface area contributed by atoms with Crippen molar-refractivity contribution in [2.24, 2.45) is 29.4 Å². The Morgan fingerprint density at radius 3 is 2.22 bits per heavy atom. The van der Waals surface area contributed by atoms with Gasteiger partial charge < -0.3 is 35.6 Å². The van der Waals surface area contributed by atoms with E-state index < -0.39 is 36.3 Å². The van der Waals surface area contributed by atoms with Gasteiger partial charge in [0.05, 0.1) is 48.7 Å². The van der Waals surface area contributed by atoms with Crippen molar-refractivity contribution >= 4 is 35.0 Å². The van der Waals surface area contributed by atoms with Gasteiger partial charge in [-0.2, -0.15) is 0 Å². The largest absolute Gasteiger partial charge is 0.379 e. The quantitative estimate of drug-likeness (QED) is 0.113. The Labute approximate surface area is 358 Å². The van der Waals surface area contributed by atoms with Gasteiger partial charge in [0, 0.05) is 39.4 Å². The summed E-state index contributed by atoms with van der Waals surface area (Å²) in [5.41, 5.74) is 6.81. The summed E-state index contributed by atoms with van der Waals surface area (Å²) in [5, 5.41) is 9.09. The van der Waals surface area contributed by atoms with Crippen molar-refractivity contribution in [3.05, 3.63) is 52.5 Å². The predicted molar refractivity (Wildman–Crippen MR) is 236 cm³/mol. The molecule has 0 aliphatic carbocycles. The standard InChI is InChI=1S/C45H75N7O6S/c1-12-31(6)40(51(9)45(56)38(29(2)3)49-43(55)39(30(4)5)50(8)24-17-16-22-46)36(57-10)28-37(53)52-25-18-21-35(52)41(58-11)32(7)42(54)48-34(44-47-23-26-59-44)27-33-19-14-13-15-20-33/h13-15,19-20,23,26,29-32,34-36,38-41H,12,16-18,21-22,24-25,27-28,46H2,1-11H3,(H,48,54)(H,49,55). The third kappa shape index (κ3) is 13.8. The number of amides is 4. The highest BCUT2D eigenvalue weighted by atomic mass is 32.1. The monoisotopic (exact) mass is 842 g/mol. The molecule has 2 aromatic rings. The molecule has 1 aromatic heterocycles. The number of likely N-dealkylation sites (tertiary alicyclic amines) is 1. The van der Waals surface area contributed by atoms with E-state index in [1.54, 1.807) is 32.4 Å². The van der Waals surface area contributed by atoms with Crippen molar-refractivity contribution in [2.75, 3.05) is 47.9 Å². The topological polar surface area (TPSA) is 159 Å². The van der Waals surface area contributed by atoms with Crippen molar-refractivity contribution in [1.29, 1.82) is 0 Å². The molecule has 13 nitrogen and oxygen atoms in total. The summed E-state index contributed by atoms with van der Waals surface area (Å²) in [5.74, 6) is -1.41. The van der Waals surface area contributed by atoms with Gasteiger partial charge in [-0.1, -0.05) is 85.2 Å². The summed E-state index contributed by atoms with van der Waals surface area (Å²) in [7, 11) is 6.89. The number of aromatic nitrogens is 1. The SMILES string of the molecule is CCC(C)C(C(CC(=O)N1CCCC1C(OC)C(C)C(=O)NC(Cc1ccccc1)c1nccs1)OC)N(C)C(=O)C(NC(=O)C(C(C)C)N(C)CCCCN)C(C)C. The van der Waals surface area contributed by atoms with Crippen LogP contribution in [0.1, 0.15) is 104 Å². The van der Waals surface area contributed by atoms with Crippen LogP contribution in [0, 0.1) is 23.7 Å². The smallest absolute Gasteiger partial charge is 0.245 e. The molecule has 0 bridgehead atoms. The molecule has 1 saturated heterocycles. The van der Waals surface area contributed by atoms with Gasteiger partial charge in [0.25, 0.3) is 0 Å². The highest BCUT2D eigenvalue weighted by molar-refractivity contribution is 7.09. The number of hydrogen-bond donors (Lipinski definition) is 3. The molecule has 332 valence electrons. The zero-order valence-electron chi connectivity index (χ0n) is 37.7. The molecule has 0 spiro atoms. The molecule has 0 saturated carbocycles. The van der Waals surface area contributed by atoms with E-state index in [1.807, 2.05) is 87.2 Å². The third-order valence-corrected chi connectivity index (χ3v) is 13.1. The number of nitrogens with two attached hydrogens (primary N) is 1. The Bertz CT molecular complexity index is 1560. The average molecular weight is 842 g/mol. The lowest BCUT2D eigenvalue weighted by Crippen LogP contribution is -2.60. The van der Waals surface area contributed by atoms with Crippen molar-refractivity contribution in [3.8, 4) is 0 Å². The molecular weight excluding hydrogens is 767 g/mol. The summed E-state index contributed by atoms with van der Waals surface area (Å²) in [4.78, 5) is 66.8. The summed E-state index contributed by atoms with van der Waals surface area (Å²) < 4.78 is 12.1. The summed E-state index contributed by atoms with van der Waals surface area (Å²) in [6.45, 7) is 15.7. The normalized spacial score (nSPS) is 18.6. The van der Waals surface area contributed by atoms with E-state index in [2.05, 4.69) is 29.5 Å². The van der Waals surface area contributed by atoms with E-state index in [0.717, 1.165) is 42.8 Å². The molecule has 2 heterocycles. The maximum absolute atomic E-state index is 14.5. The zero-order chi connectivity index (χ0) is 43.8. The number of hydrogen-bond acceptors (Lipinski definition) is 10. The first-order valence-electron chi connectivity index (χ1n) is 21.7. The Morgan fingerprint density at radius 1 is 0.966 bits per heavy atom. The van der Waals surface area contributed by atoms with Gasteiger partial charge in [-0.05, 0) is 75.6 Å². The first-order chi connectivity index (χ1) is 28.1. The van der Waals surface area contributed by atoms with Gasteiger partial charge in [-0.3, -0.25) is 24.1 Å². The lowest BCUT2D eigenvalue weighted by atomic mass is 9.89. The second kappa shape index (κ2) is 24.7. The Kier molecular flexibility index (Phi) is 20.9. The van der Waals surface area contributed by atoms with E-state index in [-0.39, 0.29) is 59.9 Å². The van der Waals surface area contributed by atoms with E-state index in [4.69, 9.17) is 15.2 Å². The molecule has 4 N–H and O–H groups in total. The van der Waals surface area contributed by atoms with Crippen LogP contribution in [0.4, 0.5) is 0 Å². The number of carbonyl (C=O) groups excluding carboxylic acids is 4. The Hall–Kier alpha value is -3.43. The summed E-state index contributed by atoms with van der Waals surface area (Å²) in [6, 6.07) is 7.77. The molecule has 0 radical (unpaired) electrons. The molecule has 1 aliphatic heterocycles. The molecule has 3 rings (SSSR count). The number of nitrogens with zero attached hydrogens (tertiary/aromatic N) is 4. The van der Waals surface area contributed by atoms with Gasteiger partial charge in [-0.25, -0.2) is 4.98 Å². The number of thiazole rings is 1. The van der Waals surface area contributed by atoms with Gasteiger partial charge in [0.15, 0.2) is 0 Å². The number of ether oxygens (including phenoxy) is 2. The summed E-state index contributed by atoms with van der Waals surface area (Å²) >= 11 is 1.51. The van der Waals surface area contributed by atoms with Crippen LogP contribution < -0.4 is 16.4 Å². The van der Waals surface area contributed by atoms with E-state index in [9.17, 15) is 19.2 Å². The molecule has 59 heavy (non-hydrogen) atoms. The fraction of sp³-hybridized carbons (Fsp3) is 0.711. The molecule has 4 amide bonds. The molecule has 14 heteroatoms. The van der Waals surface area contributed by atoms with Gasteiger partial charge in [0.2, 0.25) is 23.6 Å². The van der Waals surface area contributed by atoms with Crippen LogP contribution in [0.5, 0.6) is 0 Å². The zero-order valence-corrected chi connectivity index (χ0v) is 38.5. The number of unbranched alkanes of at least 4 members (excludes halogenated alkanes) is 1. The van der Waals surface area contributed by atoms with Gasteiger partial charge in [0.1, 0.15) is 11.0 Å². The fourth-order valence-corrected chi connectivity index (χ4v) is 9.38. The van der Waals surface area contributed by atoms with Gasteiger partial charge in [-0.15, -0.1) is 11.3 Å². The Morgan fingerprint density at radius 2 is 1.66 bits per heavy atom. The van der Waals surface area contributed by atoms with Crippen LogP contribution in [0.2, 0.25) is 0 Å². The number of nitrogens with one attached hydrogen (secondary N) is 2. The lowest BCUT2D eigenvalue weighted by molar-refractivity contribution is -0.148. The molecule has 1 aliphatic rings. The Balaban J connectivity index is 1.78. The number of likely N-dealkylation sites (N-methyl/N-ethyl adjacent to an activating group) is 2. The van der Waals surface area contributed by atoms with Crippen LogP contribution in [-0.4, -0.2) is 128 Å². The maximum atomic E-state index is 14.5. The molecule has 1 fully saturated rings. The highest BCUT2D eigenvalue weighted by Gasteiger charge is 2.43. The minimum atomic E-state index is -0.771. The number of rotatable bonds is 25. The maximum Gasteiger partial charge on any atom is 0.245 e. The van der Waals surface area contributed by atoms with E-state index in [0.29, 0.717) is 25.9 Å². The second-order valence-corrected chi connectivity index (χ2v) is 18.0. The van der Waals surface area contributed by atoms with Crippen molar-refractivity contribution in [2.45, 2.75) is 136 Å². The second-order valence-electron chi connectivity index (χ2n) is 17.1. The first-order valence-corrected chi connectivity index (χ1v) is 22.5. The minimum Gasteiger partial charge on any atom is -0.379 e. The molecular formula is C45H75N7O6S. The number of methoxy groups -OCH3 is 2. The van der Waals surface area contributed by atoms with Crippen molar-refractivity contribution in [3.63, 3.8) is 0 Å². The highest BCUT2D eigenvalue weighted by Crippen LogP contribution is 2.30. The fourth-order valence-electron chi connectivity index (χ4n) is 8.69. The lowest BCUT2D eigenvalue weighted by Gasteiger charge is -2.41. The number of carbonyl (C=O) groups is 4. The van der Waals surface area contributed by atoms with E-state index in [1.165, 1.54) is 11.3 Å². The van der Waals surface area contributed by atoms with Crippen molar-refractivity contribution in [1.82, 2.24) is 30.3 Å². The minimum absolute atomic E-state index is 0.0196. The van der Waals surface area contributed by atoms with Crippen LogP contribution in [0.15, 0.2) is 41.9 Å². The molecule has 9 unspecified atom stereocenters. The first kappa shape index (κ1) is 49.9. The van der Waals surface area contributed by atoms with Crippen molar-refractivity contribution < 1.29 is 28.7 Å². The average Bonchev–Trinajstić information content (AvgIpc) is 3.93. The third-order valence-electron chi connectivity index (χ3n) is 12.2.